The maximum atomic E-state index is 10.8. The largest absolute Gasteiger partial charge is 0.494 e. The smallest absolute Gasteiger partial charge is 0.336 e. The first-order valence-corrected chi connectivity index (χ1v) is 6.10. The number of carbonyl (C=O) groups is 1. The van der Waals surface area contributed by atoms with Crippen LogP contribution in [0.3, 0.4) is 0 Å². The Morgan fingerprint density at radius 1 is 1.44 bits per heavy atom. The third-order valence-electron chi connectivity index (χ3n) is 2.19. The lowest BCUT2D eigenvalue weighted by molar-refractivity contribution is 0.0696. The number of unbranched alkanes of at least 4 members (excludes halogenated alkanes) is 2. The number of aromatic carboxylic acids is 1. The predicted molar refractivity (Wildman–Crippen MR) is 66.1 cm³/mol. The topological polar surface area (TPSA) is 46.5 Å². The standard InChI is InChI=1S/C12H15BrO3/c1-2-3-4-7-16-9-5-6-10(12(14)15)11(13)8-9/h5-6,8H,2-4,7H2,1H3,(H,14,15). The van der Waals surface area contributed by atoms with Gasteiger partial charge in [-0.15, -0.1) is 0 Å². The van der Waals surface area contributed by atoms with E-state index in [0.29, 0.717) is 16.8 Å². The molecule has 1 aromatic carbocycles. The van der Waals surface area contributed by atoms with Gasteiger partial charge in [0, 0.05) is 4.47 Å². The van der Waals surface area contributed by atoms with E-state index >= 15 is 0 Å². The van der Waals surface area contributed by atoms with Crippen molar-refractivity contribution in [1.82, 2.24) is 0 Å². The van der Waals surface area contributed by atoms with E-state index in [1.807, 2.05) is 0 Å². The van der Waals surface area contributed by atoms with Gasteiger partial charge in [-0.3, -0.25) is 0 Å². The molecule has 0 aliphatic heterocycles. The molecule has 1 aromatic rings. The summed E-state index contributed by atoms with van der Waals surface area (Å²) in [5.41, 5.74) is 0.251. The van der Waals surface area contributed by atoms with Crippen molar-refractivity contribution < 1.29 is 14.6 Å². The highest BCUT2D eigenvalue weighted by atomic mass is 79.9. The van der Waals surface area contributed by atoms with E-state index in [4.69, 9.17) is 9.84 Å². The van der Waals surface area contributed by atoms with E-state index in [9.17, 15) is 4.79 Å². The summed E-state index contributed by atoms with van der Waals surface area (Å²) in [7, 11) is 0. The lowest BCUT2D eigenvalue weighted by atomic mass is 10.2. The zero-order chi connectivity index (χ0) is 12.0. The molecule has 0 saturated heterocycles. The molecule has 4 heteroatoms. The maximum absolute atomic E-state index is 10.8. The second kappa shape index (κ2) is 6.53. The molecular weight excluding hydrogens is 272 g/mol. The summed E-state index contributed by atoms with van der Waals surface area (Å²) < 4.78 is 6.05. The van der Waals surface area contributed by atoms with Gasteiger partial charge < -0.3 is 9.84 Å². The molecule has 0 spiro atoms. The van der Waals surface area contributed by atoms with Crippen LogP contribution in [0.1, 0.15) is 36.5 Å². The average molecular weight is 287 g/mol. The first kappa shape index (κ1) is 13.0. The Labute approximate surface area is 104 Å². The van der Waals surface area contributed by atoms with Crippen LogP contribution in [0.25, 0.3) is 0 Å². The highest BCUT2D eigenvalue weighted by Crippen LogP contribution is 2.23. The third-order valence-corrected chi connectivity index (χ3v) is 2.84. The first-order valence-electron chi connectivity index (χ1n) is 5.30. The molecule has 0 unspecified atom stereocenters. The highest BCUT2D eigenvalue weighted by molar-refractivity contribution is 9.10. The van der Waals surface area contributed by atoms with Crippen LogP contribution in [0.4, 0.5) is 0 Å². The summed E-state index contributed by atoms with van der Waals surface area (Å²) in [6.07, 6.45) is 3.33. The zero-order valence-electron chi connectivity index (χ0n) is 9.20. The maximum Gasteiger partial charge on any atom is 0.336 e. The van der Waals surface area contributed by atoms with Crippen molar-refractivity contribution in [3.63, 3.8) is 0 Å². The van der Waals surface area contributed by atoms with Gasteiger partial charge in [-0.2, -0.15) is 0 Å². The Balaban J connectivity index is 2.56. The molecule has 0 atom stereocenters. The van der Waals surface area contributed by atoms with E-state index < -0.39 is 5.97 Å². The van der Waals surface area contributed by atoms with Crippen molar-refractivity contribution in [1.29, 1.82) is 0 Å². The minimum atomic E-state index is -0.940. The summed E-state index contributed by atoms with van der Waals surface area (Å²) >= 11 is 3.21. The Morgan fingerprint density at radius 2 is 2.19 bits per heavy atom. The van der Waals surface area contributed by atoms with E-state index in [-0.39, 0.29) is 5.56 Å². The lowest BCUT2D eigenvalue weighted by Gasteiger charge is -2.07. The fourth-order valence-corrected chi connectivity index (χ4v) is 1.83. The molecule has 0 amide bonds. The zero-order valence-corrected chi connectivity index (χ0v) is 10.8. The second-order valence-electron chi connectivity index (χ2n) is 3.50. The van der Waals surface area contributed by atoms with Crippen LogP contribution in [0.5, 0.6) is 5.75 Å². The molecule has 0 fully saturated rings. The monoisotopic (exact) mass is 286 g/mol. The summed E-state index contributed by atoms with van der Waals surface area (Å²) in [5, 5.41) is 8.83. The van der Waals surface area contributed by atoms with Gasteiger partial charge in [-0.1, -0.05) is 19.8 Å². The van der Waals surface area contributed by atoms with E-state index in [1.54, 1.807) is 18.2 Å². The van der Waals surface area contributed by atoms with Crippen molar-refractivity contribution in [2.75, 3.05) is 6.61 Å². The van der Waals surface area contributed by atoms with Crippen molar-refractivity contribution in [2.24, 2.45) is 0 Å². The minimum Gasteiger partial charge on any atom is -0.494 e. The second-order valence-corrected chi connectivity index (χ2v) is 4.36. The molecule has 1 N–H and O–H groups in total. The van der Waals surface area contributed by atoms with Crippen LogP contribution in [-0.2, 0) is 0 Å². The highest BCUT2D eigenvalue weighted by Gasteiger charge is 2.08. The molecule has 88 valence electrons. The molecule has 0 aliphatic rings. The molecule has 0 aromatic heterocycles. The van der Waals surface area contributed by atoms with Gasteiger partial charge in [-0.25, -0.2) is 4.79 Å². The Bertz CT molecular complexity index is 363. The van der Waals surface area contributed by atoms with Crippen LogP contribution in [0.15, 0.2) is 22.7 Å². The van der Waals surface area contributed by atoms with Gasteiger partial charge in [0.2, 0.25) is 0 Å². The summed E-state index contributed by atoms with van der Waals surface area (Å²) in [5.74, 6) is -0.239. The number of rotatable bonds is 6. The third kappa shape index (κ3) is 3.85. The van der Waals surface area contributed by atoms with Crippen molar-refractivity contribution in [3.8, 4) is 5.75 Å². The lowest BCUT2D eigenvalue weighted by Crippen LogP contribution is -2.00. The number of carboxylic acids is 1. The van der Waals surface area contributed by atoms with Gasteiger partial charge in [-0.05, 0) is 40.5 Å². The number of halogens is 1. The van der Waals surface area contributed by atoms with Gasteiger partial charge in [0.15, 0.2) is 0 Å². The molecule has 0 radical (unpaired) electrons. The van der Waals surface area contributed by atoms with Crippen molar-refractivity contribution >= 4 is 21.9 Å². The van der Waals surface area contributed by atoms with Crippen molar-refractivity contribution in [2.45, 2.75) is 26.2 Å². The first-order chi connectivity index (χ1) is 7.65. The average Bonchev–Trinajstić information content (AvgIpc) is 2.24. The molecule has 3 nitrogen and oxygen atoms in total. The Morgan fingerprint density at radius 3 is 2.75 bits per heavy atom. The van der Waals surface area contributed by atoms with Crippen LogP contribution >= 0.6 is 15.9 Å². The number of hydrogen-bond donors (Lipinski definition) is 1. The molecular formula is C12H15BrO3. The molecule has 1 rings (SSSR count). The van der Waals surface area contributed by atoms with Gasteiger partial charge >= 0.3 is 5.97 Å². The van der Waals surface area contributed by atoms with Crippen LogP contribution in [0, 0.1) is 0 Å². The van der Waals surface area contributed by atoms with Crippen LogP contribution in [0.2, 0.25) is 0 Å². The van der Waals surface area contributed by atoms with Gasteiger partial charge in [0.1, 0.15) is 5.75 Å². The fraction of sp³-hybridized carbons (Fsp3) is 0.417. The Hall–Kier alpha value is -1.03. The van der Waals surface area contributed by atoms with E-state index in [0.717, 1.165) is 19.3 Å². The number of hydrogen-bond acceptors (Lipinski definition) is 2. The quantitative estimate of drug-likeness (QED) is 0.811. The molecule has 0 aliphatic carbocycles. The fourth-order valence-electron chi connectivity index (χ4n) is 1.30. The van der Waals surface area contributed by atoms with Crippen LogP contribution in [-0.4, -0.2) is 17.7 Å². The molecule has 0 heterocycles. The van der Waals surface area contributed by atoms with Gasteiger partial charge in [0.05, 0.1) is 12.2 Å². The van der Waals surface area contributed by atoms with Gasteiger partial charge in [0.25, 0.3) is 0 Å². The predicted octanol–water partition coefficient (Wildman–Crippen LogP) is 3.72. The van der Waals surface area contributed by atoms with E-state index in [1.165, 1.54) is 0 Å². The minimum absolute atomic E-state index is 0.251. The van der Waals surface area contributed by atoms with E-state index in [2.05, 4.69) is 22.9 Å². The summed E-state index contributed by atoms with van der Waals surface area (Å²) in [6, 6.07) is 4.91. The van der Waals surface area contributed by atoms with Crippen LogP contribution < -0.4 is 4.74 Å². The SMILES string of the molecule is CCCCCOc1ccc(C(=O)O)c(Br)c1. The van der Waals surface area contributed by atoms with Crippen molar-refractivity contribution in [3.05, 3.63) is 28.2 Å². The molecule has 16 heavy (non-hydrogen) atoms. The normalized spacial score (nSPS) is 10.1. The summed E-state index contributed by atoms with van der Waals surface area (Å²) in [4.78, 5) is 10.8. The summed E-state index contributed by atoms with van der Waals surface area (Å²) in [6.45, 7) is 2.81. The number of carboxylic acid groups (broad SMARTS) is 1. The molecule has 0 saturated carbocycles. The molecule has 0 bridgehead atoms. The number of ether oxygens (including phenoxy) is 1. The number of benzene rings is 1. The Kier molecular flexibility index (Phi) is 5.32.